The highest BCUT2D eigenvalue weighted by atomic mass is 32.2. The number of fused-ring (bicyclic) bond motifs is 1. The van der Waals surface area contributed by atoms with E-state index < -0.39 is 0 Å². The van der Waals surface area contributed by atoms with Crippen molar-refractivity contribution >= 4 is 29.1 Å². The Morgan fingerprint density at radius 3 is 2.57 bits per heavy atom. The van der Waals surface area contributed by atoms with Crippen molar-refractivity contribution in [3.05, 3.63) is 72.4 Å². The zero-order chi connectivity index (χ0) is 19.3. The van der Waals surface area contributed by atoms with Crippen molar-refractivity contribution in [2.24, 2.45) is 0 Å². The summed E-state index contributed by atoms with van der Waals surface area (Å²) in [4.78, 5) is 5.84. The van der Waals surface area contributed by atoms with Crippen LogP contribution in [0.2, 0.25) is 0 Å². The Kier molecular flexibility index (Phi) is 5.57. The Morgan fingerprint density at radius 2 is 1.82 bits per heavy atom. The molecule has 2 heterocycles. The summed E-state index contributed by atoms with van der Waals surface area (Å²) in [5, 5.41) is 16.9. The van der Waals surface area contributed by atoms with Crippen molar-refractivity contribution in [3.8, 4) is 11.3 Å². The van der Waals surface area contributed by atoms with Gasteiger partial charge in [0.2, 0.25) is 0 Å². The van der Waals surface area contributed by atoms with E-state index in [1.807, 2.05) is 66.0 Å². The van der Waals surface area contributed by atoms with Gasteiger partial charge in [-0.05, 0) is 43.1 Å². The molecule has 6 nitrogen and oxygen atoms in total. The van der Waals surface area contributed by atoms with Crippen LogP contribution in [0.5, 0.6) is 0 Å². The molecule has 7 heteroatoms. The van der Waals surface area contributed by atoms with E-state index in [2.05, 4.69) is 27.3 Å². The lowest BCUT2D eigenvalue weighted by atomic mass is 10.1. The van der Waals surface area contributed by atoms with Gasteiger partial charge in [0.1, 0.15) is 5.82 Å². The third kappa shape index (κ3) is 4.17. The molecule has 4 aromatic rings. The average molecular weight is 392 g/mol. The monoisotopic (exact) mass is 391 g/mol. The molecule has 2 aromatic heterocycles. The number of benzene rings is 2. The molecule has 0 saturated carbocycles. The number of anilines is 2. The van der Waals surface area contributed by atoms with Crippen molar-refractivity contribution in [1.29, 1.82) is 0 Å². The summed E-state index contributed by atoms with van der Waals surface area (Å²) < 4.78 is 4.92. The molecule has 0 radical (unpaired) electrons. The van der Waals surface area contributed by atoms with E-state index in [4.69, 9.17) is 10.1 Å². The van der Waals surface area contributed by atoms with E-state index in [-0.39, 0.29) is 6.61 Å². The molecule has 0 fully saturated rings. The number of nitrogens with one attached hydrogen (secondary N) is 2. The summed E-state index contributed by atoms with van der Waals surface area (Å²) in [7, 11) is 0. The van der Waals surface area contributed by atoms with E-state index in [0.29, 0.717) is 6.54 Å². The first-order valence-corrected chi connectivity index (χ1v) is 9.85. The lowest BCUT2D eigenvalue weighted by Gasteiger charge is -2.11. The second-order valence-electron chi connectivity index (χ2n) is 6.32. The minimum Gasteiger partial charge on any atom is -0.395 e. The second kappa shape index (κ2) is 8.43. The number of aryl methyl sites for hydroxylation is 1. The summed E-state index contributed by atoms with van der Waals surface area (Å²) in [6.45, 7) is 2.64. The molecule has 0 unspecified atom stereocenters. The fourth-order valence-corrected chi connectivity index (χ4v) is 3.50. The smallest absolute Gasteiger partial charge is 0.158 e. The first-order chi connectivity index (χ1) is 13.7. The van der Waals surface area contributed by atoms with Crippen LogP contribution in [0.25, 0.3) is 16.9 Å². The van der Waals surface area contributed by atoms with Crippen LogP contribution >= 0.6 is 11.9 Å². The number of aliphatic hydroxyl groups excluding tert-OH is 1. The van der Waals surface area contributed by atoms with Gasteiger partial charge in [-0.1, -0.05) is 30.3 Å². The fourth-order valence-electron chi connectivity index (χ4n) is 2.87. The van der Waals surface area contributed by atoms with Gasteiger partial charge >= 0.3 is 0 Å². The number of hydrogen-bond donors (Lipinski definition) is 3. The van der Waals surface area contributed by atoms with Gasteiger partial charge < -0.3 is 10.4 Å². The van der Waals surface area contributed by atoms with Crippen molar-refractivity contribution in [3.63, 3.8) is 0 Å². The molecule has 0 aliphatic carbocycles. The lowest BCUT2D eigenvalue weighted by molar-refractivity contribution is 0.302. The van der Waals surface area contributed by atoms with Crippen LogP contribution < -0.4 is 10.0 Å². The Labute approximate surface area is 167 Å². The molecule has 4 rings (SSSR count). The van der Waals surface area contributed by atoms with Crippen molar-refractivity contribution < 1.29 is 5.11 Å². The first kappa shape index (κ1) is 18.5. The quantitative estimate of drug-likeness (QED) is 0.326. The van der Waals surface area contributed by atoms with Gasteiger partial charge in [-0.25, -0.2) is 4.98 Å². The molecule has 0 amide bonds. The largest absolute Gasteiger partial charge is 0.395 e. The van der Waals surface area contributed by atoms with Gasteiger partial charge in [0.05, 0.1) is 18.0 Å². The van der Waals surface area contributed by atoms with Crippen LogP contribution in [0.15, 0.2) is 71.6 Å². The van der Waals surface area contributed by atoms with Crippen LogP contribution in [-0.2, 0) is 0 Å². The molecule has 0 saturated heterocycles. The maximum Gasteiger partial charge on any atom is 0.158 e. The van der Waals surface area contributed by atoms with E-state index in [1.165, 1.54) is 11.9 Å². The molecule has 0 aliphatic rings. The zero-order valence-electron chi connectivity index (χ0n) is 15.5. The standard InChI is InChI=1S/C21H21N5OS/c1-15-13-20-24-19(16-5-3-2-4-6-16)14-21(26(20)25-15)23-17-7-9-18(10-8-17)28-22-11-12-27/h2-10,13-14,22-23,27H,11-12H2,1H3. The highest BCUT2D eigenvalue weighted by Crippen LogP contribution is 2.26. The van der Waals surface area contributed by atoms with Gasteiger partial charge in [-0.2, -0.15) is 9.61 Å². The Bertz CT molecular complexity index is 1060. The number of nitrogens with zero attached hydrogens (tertiary/aromatic N) is 3. The third-order valence-corrected chi connectivity index (χ3v) is 5.01. The summed E-state index contributed by atoms with van der Waals surface area (Å²) in [6.07, 6.45) is 0. The van der Waals surface area contributed by atoms with Crippen molar-refractivity contribution in [1.82, 2.24) is 19.3 Å². The minimum atomic E-state index is 0.123. The Morgan fingerprint density at radius 1 is 1.04 bits per heavy atom. The minimum absolute atomic E-state index is 0.123. The normalized spacial score (nSPS) is 11.1. The van der Waals surface area contributed by atoms with Crippen molar-refractivity contribution in [2.45, 2.75) is 11.8 Å². The molecule has 0 bridgehead atoms. The fraction of sp³-hybridized carbons (Fsp3) is 0.143. The number of aliphatic hydroxyl groups is 1. The summed E-state index contributed by atoms with van der Waals surface area (Å²) >= 11 is 1.50. The molecule has 142 valence electrons. The van der Waals surface area contributed by atoms with Gasteiger partial charge in [0.25, 0.3) is 0 Å². The SMILES string of the molecule is Cc1cc2nc(-c3ccccc3)cc(Nc3ccc(SNCCO)cc3)n2n1. The molecule has 28 heavy (non-hydrogen) atoms. The highest BCUT2D eigenvalue weighted by molar-refractivity contribution is 7.97. The van der Waals surface area contributed by atoms with Crippen LogP contribution in [0.1, 0.15) is 5.69 Å². The number of rotatable bonds is 7. The van der Waals surface area contributed by atoms with Gasteiger partial charge in [0, 0.05) is 34.8 Å². The molecule has 0 aliphatic heterocycles. The highest BCUT2D eigenvalue weighted by Gasteiger charge is 2.10. The molecule has 0 atom stereocenters. The molecular formula is C21H21N5OS. The summed E-state index contributed by atoms with van der Waals surface area (Å²) in [6, 6.07) is 22.2. The van der Waals surface area contributed by atoms with Crippen LogP contribution in [0.3, 0.4) is 0 Å². The predicted octanol–water partition coefficient (Wildman–Crippen LogP) is 4.04. The van der Waals surface area contributed by atoms with E-state index in [1.54, 1.807) is 0 Å². The third-order valence-electron chi connectivity index (χ3n) is 4.15. The Hall–Kier alpha value is -2.87. The molecule has 3 N–H and O–H groups in total. The van der Waals surface area contributed by atoms with Gasteiger partial charge in [0.15, 0.2) is 5.65 Å². The molecular weight excluding hydrogens is 370 g/mol. The number of aromatic nitrogens is 3. The maximum absolute atomic E-state index is 8.85. The lowest BCUT2D eigenvalue weighted by Crippen LogP contribution is -2.08. The number of hydrogen-bond acceptors (Lipinski definition) is 6. The van der Waals surface area contributed by atoms with Crippen LogP contribution in [0, 0.1) is 6.92 Å². The van der Waals surface area contributed by atoms with Gasteiger partial charge in [-0.15, -0.1) is 0 Å². The van der Waals surface area contributed by atoms with E-state index in [0.717, 1.165) is 39.0 Å². The maximum atomic E-state index is 8.85. The first-order valence-electron chi connectivity index (χ1n) is 9.03. The topological polar surface area (TPSA) is 74.5 Å². The van der Waals surface area contributed by atoms with E-state index >= 15 is 0 Å². The predicted molar refractivity (Wildman–Crippen MR) is 114 cm³/mol. The van der Waals surface area contributed by atoms with Crippen LogP contribution in [-0.4, -0.2) is 32.9 Å². The second-order valence-corrected chi connectivity index (χ2v) is 7.28. The summed E-state index contributed by atoms with van der Waals surface area (Å²) in [5.74, 6) is 0.857. The average Bonchev–Trinajstić information content (AvgIpc) is 3.11. The molecule has 0 spiro atoms. The van der Waals surface area contributed by atoms with Gasteiger partial charge in [-0.3, -0.25) is 4.72 Å². The zero-order valence-corrected chi connectivity index (χ0v) is 16.3. The Balaban J connectivity index is 1.64. The molecule has 2 aromatic carbocycles. The van der Waals surface area contributed by atoms with E-state index in [9.17, 15) is 0 Å². The summed E-state index contributed by atoms with van der Waals surface area (Å²) in [5.41, 5.74) is 4.65. The van der Waals surface area contributed by atoms with Crippen LogP contribution in [0.4, 0.5) is 11.5 Å². The van der Waals surface area contributed by atoms with Crippen molar-refractivity contribution in [2.75, 3.05) is 18.5 Å².